The smallest absolute Gasteiger partial charge is 0.272 e. The van der Waals surface area contributed by atoms with Crippen molar-refractivity contribution in [1.82, 2.24) is 14.7 Å². The molecule has 0 saturated carbocycles. The van der Waals surface area contributed by atoms with Crippen LogP contribution in [0.4, 0.5) is 0 Å². The number of carbonyl (C=O) groups is 1. The first-order valence-electron chi connectivity index (χ1n) is 9.02. The fourth-order valence-electron chi connectivity index (χ4n) is 3.61. The Bertz CT molecular complexity index is 751. The molecular weight excluding hydrogens is 314 g/mol. The van der Waals surface area contributed by atoms with Gasteiger partial charge in [0.15, 0.2) is 0 Å². The summed E-state index contributed by atoms with van der Waals surface area (Å²) in [5, 5.41) is 14.1. The highest BCUT2D eigenvalue weighted by Crippen LogP contribution is 2.24. The molecule has 1 amide bonds. The van der Waals surface area contributed by atoms with E-state index >= 15 is 0 Å². The minimum absolute atomic E-state index is 0.0726. The van der Waals surface area contributed by atoms with Gasteiger partial charge in [0, 0.05) is 20.1 Å². The Balaban J connectivity index is 1.63. The van der Waals surface area contributed by atoms with Crippen LogP contribution in [-0.4, -0.2) is 38.8 Å². The highest BCUT2D eigenvalue weighted by atomic mass is 16.3. The van der Waals surface area contributed by atoms with Gasteiger partial charge in [-0.2, -0.15) is 5.10 Å². The van der Waals surface area contributed by atoms with Crippen LogP contribution < -0.4 is 0 Å². The van der Waals surface area contributed by atoms with Crippen LogP contribution in [0, 0.1) is 11.8 Å². The second-order valence-electron chi connectivity index (χ2n) is 7.52. The van der Waals surface area contributed by atoms with Crippen molar-refractivity contribution in [3.8, 4) is 5.75 Å². The number of nitrogens with zero attached hydrogens (tertiary/aromatic N) is 3. The molecule has 134 valence electrons. The molecule has 1 atom stereocenters. The van der Waals surface area contributed by atoms with Crippen LogP contribution >= 0.6 is 0 Å². The molecule has 1 fully saturated rings. The second-order valence-corrected chi connectivity index (χ2v) is 7.52. The van der Waals surface area contributed by atoms with E-state index in [0.717, 1.165) is 43.6 Å². The molecular formula is C20H27N3O2. The average molecular weight is 341 g/mol. The fourth-order valence-corrected chi connectivity index (χ4v) is 3.61. The summed E-state index contributed by atoms with van der Waals surface area (Å²) in [6, 6.07) is 9.33. The van der Waals surface area contributed by atoms with E-state index < -0.39 is 0 Å². The van der Waals surface area contributed by atoms with E-state index in [1.165, 1.54) is 0 Å². The van der Waals surface area contributed by atoms with Gasteiger partial charge in [-0.15, -0.1) is 0 Å². The normalized spacial score (nSPS) is 17.4. The summed E-state index contributed by atoms with van der Waals surface area (Å²) < 4.78 is 1.71. The van der Waals surface area contributed by atoms with E-state index in [1.54, 1.807) is 10.7 Å². The maximum absolute atomic E-state index is 12.8. The fraction of sp³-hybridized carbons (Fsp3) is 0.500. The van der Waals surface area contributed by atoms with Crippen molar-refractivity contribution in [2.45, 2.75) is 33.1 Å². The Kier molecular flexibility index (Phi) is 5.11. The average Bonchev–Trinajstić information content (AvgIpc) is 3.13. The summed E-state index contributed by atoms with van der Waals surface area (Å²) in [5.74, 6) is 1.34. The van der Waals surface area contributed by atoms with Crippen molar-refractivity contribution in [2.75, 3.05) is 13.1 Å². The van der Waals surface area contributed by atoms with Crippen LogP contribution in [0.15, 0.2) is 30.3 Å². The van der Waals surface area contributed by atoms with Gasteiger partial charge < -0.3 is 10.0 Å². The molecule has 0 bridgehead atoms. The molecule has 1 aliphatic rings. The summed E-state index contributed by atoms with van der Waals surface area (Å²) in [6.45, 7) is 5.86. The molecule has 1 unspecified atom stereocenters. The monoisotopic (exact) mass is 341 g/mol. The third-order valence-corrected chi connectivity index (χ3v) is 4.77. The van der Waals surface area contributed by atoms with Crippen LogP contribution in [0.25, 0.3) is 0 Å². The van der Waals surface area contributed by atoms with Gasteiger partial charge in [-0.3, -0.25) is 9.48 Å². The predicted octanol–water partition coefficient (Wildman–Crippen LogP) is 3.03. The number of amides is 1. The van der Waals surface area contributed by atoms with E-state index in [4.69, 9.17) is 0 Å². The van der Waals surface area contributed by atoms with Gasteiger partial charge in [-0.1, -0.05) is 26.0 Å². The number of phenols is 1. The zero-order valence-electron chi connectivity index (χ0n) is 15.3. The molecule has 1 aromatic carbocycles. The van der Waals surface area contributed by atoms with Gasteiger partial charge in [0.1, 0.15) is 11.4 Å². The second kappa shape index (κ2) is 7.30. The molecule has 5 nitrogen and oxygen atoms in total. The van der Waals surface area contributed by atoms with E-state index in [0.29, 0.717) is 23.3 Å². The Morgan fingerprint density at radius 3 is 2.88 bits per heavy atom. The van der Waals surface area contributed by atoms with E-state index in [-0.39, 0.29) is 5.91 Å². The quantitative estimate of drug-likeness (QED) is 0.909. The Morgan fingerprint density at radius 1 is 1.36 bits per heavy atom. The Hall–Kier alpha value is -2.30. The van der Waals surface area contributed by atoms with E-state index in [1.807, 2.05) is 36.2 Å². The highest BCUT2D eigenvalue weighted by molar-refractivity contribution is 5.92. The first-order chi connectivity index (χ1) is 11.9. The molecule has 1 N–H and O–H groups in total. The number of aromatic nitrogens is 2. The van der Waals surface area contributed by atoms with Gasteiger partial charge in [0.05, 0.1) is 5.69 Å². The summed E-state index contributed by atoms with van der Waals surface area (Å²) >= 11 is 0. The minimum Gasteiger partial charge on any atom is -0.508 e. The third-order valence-electron chi connectivity index (χ3n) is 4.77. The van der Waals surface area contributed by atoms with Crippen LogP contribution in [-0.2, 0) is 19.9 Å². The van der Waals surface area contributed by atoms with Crippen LogP contribution in [0.3, 0.4) is 0 Å². The number of likely N-dealkylation sites (tertiary alicyclic amines) is 1. The lowest BCUT2D eigenvalue weighted by Gasteiger charge is -2.16. The van der Waals surface area contributed by atoms with Gasteiger partial charge in [-0.05, 0) is 54.9 Å². The first kappa shape index (κ1) is 17.5. The van der Waals surface area contributed by atoms with Gasteiger partial charge >= 0.3 is 0 Å². The molecule has 0 spiro atoms. The van der Waals surface area contributed by atoms with Gasteiger partial charge in [0.2, 0.25) is 0 Å². The first-order valence-corrected chi connectivity index (χ1v) is 9.02. The molecule has 25 heavy (non-hydrogen) atoms. The Labute approximate surface area is 149 Å². The molecule has 0 aliphatic carbocycles. The topological polar surface area (TPSA) is 58.4 Å². The van der Waals surface area contributed by atoms with E-state index in [2.05, 4.69) is 18.9 Å². The van der Waals surface area contributed by atoms with Crippen LogP contribution in [0.5, 0.6) is 5.75 Å². The van der Waals surface area contributed by atoms with Crippen LogP contribution in [0.2, 0.25) is 0 Å². The van der Waals surface area contributed by atoms with Crippen molar-refractivity contribution >= 4 is 5.91 Å². The van der Waals surface area contributed by atoms with Crippen molar-refractivity contribution in [3.05, 3.63) is 47.3 Å². The zero-order chi connectivity index (χ0) is 18.0. The lowest BCUT2D eigenvalue weighted by Crippen LogP contribution is -2.30. The minimum atomic E-state index is 0.0726. The van der Waals surface area contributed by atoms with Crippen LogP contribution in [0.1, 0.15) is 42.0 Å². The molecule has 1 saturated heterocycles. The Morgan fingerprint density at radius 2 is 2.16 bits per heavy atom. The molecule has 1 aliphatic heterocycles. The van der Waals surface area contributed by atoms with Gasteiger partial charge in [0.25, 0.3) is 5.91 Å². The van der Waals surface area contributed by atoms with Gasteiger partial charge in [-0.25, -0.2) is 0 Å². The highest BCUT2D eigenvalue weighted by Gasteiger charge is 2.29. The molecule has 2 aromatic rings. The predicted molar refractivity (Wildman–Crippen MR) is 97.6 cm³/mol. The molecule has 2 heterocycles. The van der Waals surface area contributed by atoms with Crippen molar-refractivity contribution in [3.63, 3.8) is 0 Å². The number of hydrogen-bond acceptors (Lipinski definition) is 3. The third kappa shape index (κ3) is 4.21. The zero-order valence-corrected chi connectivity index (χ0v) is 15.3. The lowest BCUT2D eigenvalue weighted by molar-refractivity contribution is 0.0776. The summed E-state index contributed by atoms with van der Waals surface area (Å²) in [7, 11) is 1.84. The van der Waals surface area contributed by atoms with Crippen molar-refractivity contribution in [2.24, 2.45) is 18.9 Å². The number of aryl methyl sites for hydroxylation is 1. The standard InChI is InChI=1S/C20H27N3O2/c1-14(2)9-17-12-19(22(3)21-17)20(25)23-8-7-16(13-23)10-15-5-4-6-18(24)11-15/h4-6,11-12,14,16,24H,7-10,13H2,1-3H3. The summed E-state index contributed by atoms with van der Waals surface area (Å²) in [5.41, 5.74) is 2.78. The molecule has 1 aromatic heterocycles. The van der Waals surface area contributed by atoms with Crippen molar-refractivity contribution in [1.29, 1.82) is 0 Å². The number of hydrogen-bond donors (Lipinski definition) is 1. The summed E-state index contributed by atoms with van der Waals surface area (Å²) in [6.07, 6.45) is 2.78. The number of phenolic OH excluding ortho intramolecular Hbond substituents is 1. The summed E-state index contributed by atoms with van der Waals surface area (Å²) in [4.78, 5) is 14.8. The SMILES string of the molecule is CC(C)Cc1cc(C(=O)N2CCC(Cc3cccc(O)c3)C2)n(C)n1. The largest absolute Gasteiger partial charge is 0.508 e. The molecule has 3 rings (SSSR count). The lowest BCUT2D eigenvalue weighted by atomic mass is 9.98. The molecule has 5 heteroatoms. The van der Waals surface area contributed by atoms with Crippen molar-refractivity contribution < 1.29 is 9.90 Å². The number of carbonyl (C=O) groups excluding carboxylic acids is 1. The molecule has 0 radical (unpaired) electrons. The maximum atomic E-state index is 12.8. The number of benzene rings is 1. The number of rotatable bonds is 5. The number of aromatic hydroxyl groups is 1. The maximum Gasteiger partial charge on any atom is 0.272 e. The van der Waals surface area contributed by atoms with E-state index in [9.17, 15) is 9.90 Å².